The summed E-state index contributed by atoms with van der Waals surface area (Å²) in [6, 6.07) is 9.16. The van der Waals surface area contributed by atoms with Gasteiger partial charge in [-0.1, -0.05) is 11.8 Å². The molecule has 3 rings (SSSR count). The summed E-state index contributed by atoms with van der Waals surface area (Å²) in [5.74, 6) is -1.22. The molecule has 10 heteroatoms. The first-order valence-corrected chi connectivity index (χ1v) is 8.64. The summed E-state index contributed by atoms with van der Waals surface area (Å²) in [7, 11) is 0. The fourth-order valence-corrected chi connectivity index (χ4v) is 3.09. The highest BCUT2D eigenvalue weighted by Gasteiger charge is 2.32. The van der Waals surface area contributed by atoms with Crippen LogP contribution in [0.1, 0.15) is 22.5 Å². The molecule has 2 amide bonds. The Bertz CT molecular complexity index is 906. The number of carbonyl (C=O) groups is 3. The lowest BCUT2D eigenvalue weighted by Crippen LogP contribution is -2.28. The Labute approximate surface area is 157 Å². The van der Waals surface area contributed by atoms with Crippen molar-refractivity contribution in [2.45, 2.75) is 11.7 Å². The van der Waals surface area contributed by atoms with E-state index in [0.717, 1.165) is 11.8 Å². The van der Waals surface area contributed by atoms with Crippen LogP contribution in [0.15, 0.2) is 57.3 Å². The molecule has 1 saturated heterocycles. The van der Waals surface area contributed by atoms with Gasteiger partial charge in [0.1, 0.15) is 11.0 Å². The van der Waals surface area contributed by atoms with Crippen molar-refractivity contribution in [2.24, 2.45) is 10.2 Å². The SMILES string of the molecule is O=C(CC1S/C(=N/N=C/c2ccco2)NC1=O)Nc1ccc(C(=O)O)cc1. The third-order valence-corrected chi connectivity index (χ3v) is 4.51. The van der Waals surface area contributed by atoms with Gasteiger partial charge in [-0.25, -0.2) is 4.79 Å². The van der Waals surface area contributed by atoms with Crippen LogP contribution in [-0.4, -0.2) is 39.5 Å². The predicted molar refractivity (Wildman–Crippen MR) is 99.9 cm³/mol. The van der Waals surface area contributed by atoms with E-state index in [-0.39, 0.29) is 23.8 Å². The largest absolute Gasteiger partial charge is 0.478 e. The van der Waals surface area contributed by atoms with Crippen molar-refractivity contribution in [3.63, 3.8) is 0 Å². The molecule has 1 aliphatic heterocycles. The predicted octanol–water partition coefficient (Wildman–Crippen LogP) is 1.93. The summed E-state index contributed by atoms with van der Waals surface area (Å²) in [6.07, 6.45) is 2.85. The molecule has 1 atom stereocenters. The molecule has 1 aromatic heterocycles. The van der Waals surface area contributed by atoms with E-state index in [0.29, 0.717) is 16.6 Å². The molecule has 2 heterocycles. The molecule has 1 unspecified atom stereocenters. The number of aromatic carboxylic acids is 1. The first-order chi connectivity index (χ1) is 13.0. The van der Waals surface area contributed by atoms with Crippen LogP contribution in [0.5, 0.6) is 0 Å². The monoisotopic (exact) mass is 386 g/mol. The van der Waals surface area contributed by atoms with Crippen molar-refractivity contribution >= 4 is 46.6 Å². The zero-order chi connectivity index (χ0) is 19.2. The first kappa shape index (κ1) is 18.4. The van der Waals surface area contributed by atoms with Crippen molar-refractivity contribution in [1.29, 1.82) is 0 Å². The van der Waals surface area contributed by atoms with E-state index in [2.05, 4.69) is 20.8 Å². The molecule has 2 aromatic rings. The number of furan rings is 1. The Morgan fingerprint density at radius 1 is 1.30 bits per heavy atom. The maximum atomic E-state index is 12.1. The highest BCUT2D eigenvalue weighted by Crippen LogP contribution is 2.23. The van der Waals surface area contributed by atoms with Gasteiger partial charge in [0, 0.05) is 12.1 Å². The Kier molecular flexibility index (Phi) is 5.67. The number of nitrogens with zero attached hydrogens (tertiary/aromatic N) is 2. The quantitative estimate of drug-likeness (QED) is 0.513. The molecule has 0 spiro atoms. The van der Waals surface area contributed by atoms with E-state index in [1.165, 1.54) is 36.7 Å². The number of benzene rings is 1. The average Bonchev–Trinajstić information content (AvgIpc) is 3.26. The fourth-order valence-electron chi connectivity index (χ4n) is 2.17. The highest BCUT2D eigenvalue weighted by atomic mass is 32.2. The van der Waals surface area contributed by atoms with E-state index in [1.54, 1.807) is 12.1 Å². The van der Waals surface area contributed by atoms with Crippen molar-refractivity contribution in [2.75, 3.05) is 5.32 Å². The molecule has 3 N–H and O–H groups in total. The van der Waals surface area contributed by atoms with Crippen molar-refractivity contribution < 1.29 is 23.9 Å². The number of carboxylic acids is 1. The lowest BCUT2D eigenvalue weighted by molar-refractivity contribution is -0.122. The second-order valence-electron chi connectivity index (χ2n) is 5.40. The average molecular weight is 386 g/mol. The number of rotatable bonds is 6. The summed E-state index contributed by atoms with van der Waals surface area (Å²) in [5.41, 5.74) is 0.569. The summed E-state index contributed by atoms with van der Waals surface area (Å²) >= 11 is 1.11. The van der Waals surface area contributed by atoms with Gasteiger partial charge in [0.25, 0.3) is 0 Å². The van der Waals surface area contributed by atoms with Gasteiger partial charge in [-0.05, 0) is 36.4 Å². The molecule has 9 nitrogen and oxygen atoms in total. The minimum Gasteiger partial charge on any atom is -0.478 e. The second-order valence-corrected chi connectivity index (χ2v) is 6.59. The third-order valence-electron chi connectivity index (χ3n) is 3.44. The maximum absolute atomic E-state index is 12.1. The summed E-state index contributed by atoms with van der Waals surface area (Å²) in [5, 5.41) is 21.4. The maximum Gasteiger partial charge on any atom is 0.335 e. The number of hydrogen-bond donors (Lipinski definition) is 3. The number of hydrogen-bond acceptors (Lipinski definition) is 7. The summed E-state index contributed by atoms with van der Waals surface area (Å²) in [6.45, 7) is 0. The number of thioether (sulfide) groups is 1. The van der Waals surface area contributed by atoms with Gasteiger partial charge in [-0.3, -0.25) is 9.59 Å². The van der Waals surface area contributed by atoms with Gasteiger partial charge in [-0.15, -0.1) is 5.10 Å². The van der Waals surface area contributed by atoms with Gasteiger partial charge >= 0.3 is 5.97 Å². The molecule has 0 aliphatic carbocycles. The van der Waals surface area contributed by atoms with Crippen LogP contribution in [0.3, 0.4) is 0 Å². The Morgan fingerprint density at radius 2 is 2.07 bits per heavy atom. The number of carboxylic acid groups (broad SMARTS) is 1. The molecule has 27 heavy (non-hydrogen) atoms. The summed E-state index contributed by atoms with van der Waals surface area (Å²) in [4.78, 5) is 34.9. The molecular weight excluding hydrogens is 372 g/mol. The van der Waals surface area contributed by atoms with E-state index in [4.69, 9.17) is 9.52 Å². The number of amides is 2. The van der Waals surface area contributed by atoms with Crippen molar-refractivity contribution in [1.82, 2.24) is 5.32 Å². The number of nitrogens with one attached hydrogen (secondary N) is 2. The van der Waals surface area contributed by atoms with Crippen LogP contribution in [0.25, 0.3) is 0 Å². The van der Waals surface area contributed by atoms with E-state index in [1.807, 2.05) is 0 Å². The summed E-state index contributed by atoms with van der Waals surface area (Å²) < 4.78 is 5.07. The lowest BCUT2D eigenvalue weighted by Gasteiger charge is -2.07. The van der Waals surface area contributed by atoms with Gasteiger partial charge in [0.05, 0.1) is 18.0 Å². The molecular formula is C17H14N4O5S. The second kappa shape index (κ2) is 8.32. The van der Waals surface area contributed by atoms with E-state index < -0.39 is 11.2 Å². The standard InChI is InChI=1S/C17H14N4O5S/c22-14(19-11-5-3-10(4-6-11)16(24)25)8-13-15(23)20-17(27-13)21-18-9-12-2-1-7-26-12/h1-7,9,13H,8H2,(H,19,22)(H,24,25)(H,20,21,23)/b18-9+. The molecule has 0 radical (unpaired) electrons. The number of carbonyl (C=O) groups excluding carboxylic acids is 2. The minimum atomic E-state index is -1.05. The van der Waals surface area contributed by atoms with Gasteiger partial charge in [0.15, 0.2) is 5.17 Å². The Hall–Kier alpha value is -3.40. The van der Waals surface area contributed by atoms with Gasteiger partial charge in [-0.2, -0.15) is 5.10 Å². The van der Waals surface area contributed by atoms with Crippen LogP contribution in [0.2, 0.25) is 0 Å². The van der Waals surface area contributed by atoms with Crippen molar-refractivity contribution in [3.05, 3.63) is 54.0 Å². The van der Waals surface area contributed by atoms with Gasteiger partial charge < -0.3 is 20.2 Å². The molecule has 1 fully saturated rings. The van der Waals surface area contributed by atoms with E-state index in [9.17, 15) is 14.4 Å². The molecule has 1 aliphatic rings. The molecule has 0 saturated carbocycles. The Morgan fingerprint density at radius 3 is 2.74 bits per heavy atom. The zero-order valence-electron chi connectivity index (χ0n) is 13.8. The van der Waals surface area contributed by atoms with Crippen LogP contribution in [-0.2, 0) is 9.59 Å². The smallest absolute Gasteiger partial charge is 0.335 e. The van der Waals surface area contributed by atoms with Crippen molar-refractivity contribution in [3.8, 4) is 0 Å². The normalized spacial score (nSPS) is 18.0. The lowest BCUT2D eigenvalue weighted by atomic mass is 10.2. The molecule has 1 aromatic carbocycles. The molecule has 0 bridgehead atoms. The topological polar surface area (TPSA) is 133 Å². The zero-order valence-corrected chi connectivity index (χ0v) is 14.6. The van der Waals surface area contributed by atoms with Crippen LogP contribution >= 0.6 is 11.8 Å². The Balaban J connectivity index is 1.53. The van der Waals surface area contributed by atoms with Crippen LogP contribution in [0, 0.1) is 0 Å². The van der Waals surface area contributed by atoms with Gasteiger partial charge in [0.2, 0.25) is 11.8 Å². The highest BCUT2D eigenvalue weighted by molar-refractivity contribution is 8.15. The third kappa shape index (κ3) is 5.05. The fraction of sp³-hybridized carbons (Fsp3) is 0.118. The first-order valence-electron chi connectivity index (χ1n) is 7.76. The van der Waals surface area contributed by atoms with Crippen LogP contribution in [0.4, 0.5) is 5.69 Å². The van der Waals surface area contributed by atoms with Crippen LogP contribution < -0.4 is 10.6 Å². The number of amidine groups is 1. The minimum absolute atomic E-state index is 0.0574. The number of anilines is 1. The molecule has 138 valence electrons. The van der Waals surface area contributed by atoms with E-state index >= 15 is 0 Å².